The molecule has 3 nitrogen and oxygen atoms in total. The van der Waals surface area contributed by atoms with Crippen LogP contribution in [0.25, 0.3) is 0 Å². The third-order valence-electron chi connectivity index (χ3n) is 3.09. The van der Waals surface area contributed by atoms with Gasteiger partial charge in [-0.15, -0.1) is 0 Å². The van der Waals surface area contributed by atoms with Crippen molar-refractivity contribution in [3.05, 3.63) is 51.5 Å². The number of nitrogens with zero attached hydrogens (tertiary/aromatic N) is 2. The van der Waals surface area contributed by atoms with E-state index >= 15 is 0 Å². The first-order valence-corrected chi connectivity index (χ1v) is 7.16. The second kappa shape index (κ2) is 6.57. The highest BCUT2D eigenvalue weighted by Gasteiger charge is 2.21. The van der Waals surface area contributed by atoms with Crippen molar-refractivity contribution in [1.29, 1.82) is 0 Å². The lowest BCUT2D eigenvalue weighted by Gasteiger charge is -2.20. The average Bonchev–Trinajstić information content (AvgIpc) is 2.75. The summed E-state index contributed by atoms with van der Waals surface area (Å²) in [5.41, 5.74) is 1.69. The molecule has 1 atom stereocenters. The quantitative estimate of drug-likeness (QED) is 0.905. The number of aromatic nitrogens is 2. The molecule has 0 aliphatic carbocycles. The van der Waals surface area contributed by atoms with Crippen LogP contribution in [0.1, 0.15) is 30.6 Å². The minimum atomic E-state index is -0.430. The van der Waals surface area contributed by atoms with Crippen molar-refractivity contribution < 1.29 is 4.39 Å². The molecule has 6 heteroatoms. The van der Waals surface area contributed by atoms with Crippen LogP contribution in [0.2, 0.25) is 10.0 Å². The number of rotatable bonds is 5. The predicted octanol–water partition coefficient (Wildman–Crippen LogP) is 3.96. The fourth-order valence-electron chi connectivity index (χ4n) is 2.10. The van der Waals surface area contributed by atoms with Crippen LogP contribution in [0.5, 0.6) is 0 Å². The van der Waals surface area contributed by atoms with Gasteiger partial charge in [0.25, 0.3) is 0 Å². The van der Waals surface area contributed by atoms with Crippen LogP contribution in [-0.4, -0.2) is 16.3 Å². The predicted molar refractivity (Wildman–Crippen MR) is 79.8 cm³/mol. The standard InChI is InChI=1S/C14H16Cl2FN3/c1-3-6-18-13(14-11(16)8-19-20(14)2)9-4-5-12(17)10(15)7-9/h4-5,7-8,13,18H,3,6H2,1-2H3. The summed E-state index contributed by atoms with van der Waals surface area (Å²) >= 11 is 12.1. The van der Waals surface area contributed by atoms with Crippen LogP contribution in [0, 0.1) is 5.82 Å². The fraction of sp³-hybridized carbons (Fsp3) is 0.357. The van der Waals surface area contributed by atoms with E-state index in [0.29, 0.717) is 5.02 Å². The van der Waals surface area contributed by atoms with Crippen molar-refractivity contribution in [2.24, 2.45) is 7.05 Å². The Bertz CT molecular complexity index is 579. The van der Waals surface area contributed by atoms with E-state index in [9.17, 15) is 4.39 Å². The van der Waals surface area contributed by atoms with E-state index in [1.807, 2.05) is 7.05 Å². The molecule has 1 aromatic carbocycles. The van der Waals surface area contributed by atoms with E-state index < -0.39 is 5.82 Å². The first-order chi connectivity index (χ1) is 9.54. The summed E-state index contributed by atoms with van der Waals surface area (Å²) in [6.45, 7) is 2.88. The molecule has 0 aliphatic rings. The minimum absolute atomic E-state index is 0.101. The van der Waals surface area contributed by atoms with Gasteiger partial charge in [0.1, 0.15) is 5.82 Å². The zero-order valence-corrected chi connectivity index (χ0v) is 12.8. The van der Waals surface area contributed by atoms with Gasteiger partial charge in [0.05, 0.1) is 28.0 Å². The number of aryl methyl sites for hydroxylation is 1. The maximum Gasteiger partial charge on any atom is 0.141 e. The Kier molecular flexibility index (Phi) is 5.02. The van der Waals surface area contributed by atoms with Crippen molar-refractivity contribution in [3.63, 3.8) is 0 Å². The van der Waals surface area contributed by atoms with Crippen molar-refractivity contribution in [2.75, 3.05) is 6.54 Å². The number of hydrogen-bond acceptors (Lipinski definition) is 2. The molecule has 1 heterocycles. The minimum Gasteiger partial charge on any atom is -0.305 e. The molecule has 20 heavy (non-hydrogen) atoms. The SMILES string of the molecule is CCCNC(c1ccc(F)c(Cl)c1)c1c(Cl)cnn1C. The van der Waals surface area contributed by atoms with Crippen molar-refractivity contribution in [2.45, 2.75) is 19.4 Å². The molecule has 1 unspecified atom stereocenters. The molecule has 0 aliphatic heterocycles. The largest absolute Gasteiger partial charge is 0.305 e. The molecular weight excluding hydrogens is 300 g/mol. The summed E-state index contributed by atoms with van der Waals surface area (Å²) in [7, 11) is 1.83. The highest BCUT2D eigenvalue weighted by molar-refractivity contribution is 6.31. The second-order valence-corrected chi connectivity index (χ2v) is 5.38. The third kappa shape index (κ3) is 3.14. The van der Waals surface area contributed by atoms with Gasteiger partial charge in [-0.25, -0.2) is 4.39 Å². The Morgan fingerprint density at radius 3 is 2.65 bits per heavy atom. The molecule has 0 saturated carbocycles. The highest BCUT2D eigenvalue weighted by Crippen LogP contribution is 2.30. The lowest BCUT2D eigenvalue weighted by molar-refractivity contribution is 0.552. The number of nitrogens with one attached hydrogen (secondary N) is 1. The van der Waals surface area contributed by atoms with E-state index in [0.717, 1.165) is 24.2 Å². The van der Waals surface area contributed by atoms with Crippen molar-refractivity contribution in [1.82, 2.24) is 15.1 Å². The van der Waals surface area contributed by atoms with Gasteiger partial charge < -0.3 is 5.32 Å². The topological polar surface area (TPSA) is 29.9 Å². The summed E-state index contributed by atoms with van der Waals surface area (Å²) < 4.78 is 15.0. The Morgan fingerprint density at radius 2 is 2.10 bits per heavy atom. The molecule has 1 N–H and O–H groups in total. The van der Waals surface area contributed by atoms with E-state index in [-0.39, 0.29) is 11.1 Å². The van der Waals surface area contributed by atoms with Gasteiger partial charge in [-0.2, -0.15) is 5.10 Å². The van der Waals surface area contributed by atoms with Crippen LogP contribution in [-0.2, 0) is 7.05 Å². The van der Waals surface area contributed by atoms with E-state index in [1.165, 1.54) is 6.07 Å². The lowest BCUT2D eigenvalue weighted by Crippen LogP contribution is -2.25. The highest BCUT2D eigenvalue weighted by atomic mass is 35.5. The van der Waals surface area contributed by atoms with Crippen LogP contribution in [0.3, 0.4) is 0 Å². The van der Waals surface area contributed by atoms with Crippen molar-refractivity contribution in [3.8, 4) is 0 Å². The van der Waals surface area contributed by atoms with E-state index in [1.54, 1.807) is 23.0 Å². The number of benzene rings is 1. The Labute approximate surface area is 127 Å². The van der Waals surface area contributed by atoms with Crippen LogP contribution >= 0.6 is 23.2 Å². The summed E-state index contributed by atoms with van der Waals surface area (Å²) in [6.07, 6.45) is 2.57. The first kappa shape index (κ1) is 15.3. The molecule has 0 saturated heterocycles. The van der Waals surface area contributed by atoms with Crippen molar-refractivity contribution >= 4 is 23.2 Å². The molecule has 0 bridgehead atoms. The smallest absolute Gasteiger partial charge is 0.141 e. The maximum absolute atomic E-state index is 13.3. The normalized spacial score (nSPS) is 12.7. The summed E-state index contributed by atoms with van der Waals surface area (Å²) in [5.74, 6) is -0.430. The molecule has 0 fully saturated rings. The van der Waals surface area contributed by atoms with Gasteiger partial charge in [0, 0.05) is 7.05 Å². The van der Waals surface area contributed by atoms with Gasteiger partial charge in [-0.3, -0.25) is 4.68 Å². The number of hydrogen-bond donors (Lipinski definition) is 1. The van der Waals surface area contributed by atoms with Gasteiger partial charge in [-0.1, -0.05) is 36.2 Å². The van der Waals surface area contributed by atoms with E-state index in [2.05, 4.69) is 17.3 Å². The summed E-state index contributed by atoms with van der Waals surface area (Å²) in [5, 5.41) is 8.21. The van der Waals surface area contributed by atoms with Crippen LogP contribution < -0.4 is 5.32 Å². The second-order valence-electron chi connectivity index (χ2n) is 4.56. The molecule has 1 aromatic heterocycles. The molecular formula is C14H16Cl2FN3. The summed E-state index contributed by atoms with van der Waals surface area (Å²) in [6, 6.07) is 4.52. The van der Waals surface area contributed by atoms with Gasteiger partial charge in [-0.05, 0) is 30.7 Å². The maximum atomic E-state index is 13.3. The zero-order valence-electron chi connectivity index (χ0n) is 11.3. The Hall–Kier alpha value is -1.10. The third-order valence-corrected chi connectivity index (χ3v) is 3.67. The molecule has 0 radical (unpaired) electrons. The molecule has 0 amide bonds. The van der Waals surface area contributed by atoms with Crippen LogP contribution in [0.15, 0.2) is 24.4 Å². The van der Waals surface area contributed by atoms with Crippen LogP contribution in [0.4, 0.5) is 4.39 Å². The lowest BCUT2D eigenvalue weighted by atomic mass is 10.0. The zero-order chi connectivity index (χ0) is 14.7. The Morgan fingerprint density at radius 1 is 1.35 bits per heavy atom. The molecule has 108 valence electrons. The monoisotopic (exact) mass is 315 g/mol. The van der Waals surface area contributed by atoms with Gasteiger partial charge in [0.15, 0.2) is 0 Å². The molecule has 0 spiro atoms. The first-order valence-electron chi connectivity index (χ1n) is 6.40. The summed E-state index contributed by atoms with van der Waals surface area (Å²) in [4.78, 5) is 0. The fourth-order valence-corrected chi connectivity index (χ4v) is 2.56. The Balaban J connectivity index is 2.44. The van der Waals surface area contributed by atoms with Gasteiger partial charge >= 0.3 is 0 Å². The number of halogens is 3. The van der Waals surface area contributed by atoms with E-state index in [4.69, 9.17) is 23.2 Å². The molecule has 2 rings (SSSR count). The van der Waals surface area contributed by atoms with Gasteiger partial charge in [0.2, 0.25) is 0 Å². The molecule has 2 aromatic rings. The average molecular weight is 316 g/mol.